The maximum absolute atomic E-state index is 13.4. The summed E-state index contributed by atoms with van der Waals surface area (Å²) in [6, 6.07) is 4.21. The molecule has 0 radical (unpaired) electrons. The second-order valence-corrected chi connectivity index (χ2v) is 6.52. The van der Waals surface area contributed by atoms with E-state index in [0.29, 0.717) is 0 Å². The smallest absolute Gasteiger partial charge is 0.287 e. The van der Waals surface area contributed by atoms with Gasteiger partial charge < -0.3 is 24.1 Å². The normalized spacial score (nSPS) is 32.4. The Labute approximate surface area is 138 Å². The minimum absolute atomic E-state index is 0.0668. The number of ether oxygens (including phenoxy) is 4. The second-order valence-electron chi connectivity index (χ2n) is 6.52. The van der Waals surface area contributed by atoms with Crippen LogP contribution in [0.25, 0.3) is 0 Å². The number of aromatic nitrogens is 1. The van der Waals surface area contributed by atoms with E-state index in [1.54, 1.807) is 13.8 Å². The van der Waals surface area contributed by atoms with Gasteiger partial charge in [0.05, 0.1) is 13.2 Å². The highest BCUT2D eigenvalue weighted by Crippen LogP contribution is 2.36. The molecule has 3 heterocycles. The van der Waals surface area contributed by atoms with Crippen LogP contribution in [0, 0.1) is 0 Å². The lowest BCUT2D eigenvalue weighted by Crippen LogP contribution is -2.54. The lowest BCUT2D eigenvalue weighted by molar-refractivity contribution is -0.158. The molecule has 2 aliphatic heterocycles. The van der Waals surface area contributed by atoms with Crippen molar-refractivity contribution in [3.63, 3.8) is 0 Å². The highest BCUT2D eigenvalue weighted by molar-refractivity contribution is 5.19. The van der Waals surface area contributed by atoms with Crippen molar-refractivity contribution in [2.24, 2.45) is 0 Å². The summed E-state index contributed by atoms with van der Waals surface area (Å²) in [5.74, 6) is -3.83. The van der Waals surface area contributed by atoms with E-state index in [4.69, 9.17) is 18.9 Å². The maximum atomic E-state index is 13.4. The van der Waals surface area contributed by atoms with E-state index in [-0.39, 0.29) is 24.8 Å². The first kappa shape index (κ1) is 17.5. The zero-order valence-corrected chi connectivity index (χ0v) is 13.7. The highest BCUT2D eigenvalue weighted by Gasteiger charge is 2.52. The summed E-state index contributed by atoms with van der Waals surface area (Å²) in [6.45, 7) is 4.23. The van der Waals surface area contributed by atoms with E-state index in [1.807, 2.05) is 0 Å². The van der Waals surface area contributed by atoms with Crippen molar-refractivity contribution in [2.75, 3.05) is 13.2 Å². The van der Waals surface area contributed by atoms with Gasteiger partial charge in [-0.25, -0.2) is 4.98 Å². The Morgan fingerprint density at radius 3 is 2.71 bits per heavy atom. The zero-order valence-electron chi connectivity index (χ0n) is 13.7. The van der Waals surface area contributed by atoms with Gasteiger partial charge in [-0.1, -0.05) is 6.07 Å². The van der Waals surface area contributed by atoms with E-state index in [0.717, 1.165) is 6.92 Å². The molecule has 1 aromatic heterocycles. The standard InChI is InChI=1S/C16H21F2NO5/c1-15(2)23-13-9(7-20)21-8-10(14(13)24-15)22-12-6-4-5-11(19-12)16(3,17)18/h4-6,9-10,13-14,20H,7-8H2,1-3H3/t9-,10+,13+,14-/m1/s1. The third-order valence-corrected chi connectivity index (χ3v) is 4.00. The molecular weight excluding hydrogens is 324 g/mol. The summed E-state index contributed by atoms with van der Waals surface area (Å²) in [5, 5.41) is 9.41. The minimum atomic E-state index is -3.05. The molecule has 0 amide bonds. The molecule has 6 nitrogen and oxygen atoms in total. The Hall–Kier alpha value is -1.35. The number of pyridine rings is 1. The number of aliphatic hydroxyl groups excluding tert-OH is 1. The van der Waals surface area contributed by atoms with Crippen LogP contribution in [0.2, 0.25) is 0 Å². The average Bonchev–Trinajstić information content (AvgIpc) is 2.83. The van der Waals surface area contributed by atoms with Crippen molar-refractivity contribution < 1.29 is 32.8 Å². The number of halogens is 2. The van der Waals surface area contributed by atoms with Crippen molar-refractivity contribution in [3.05, 3.63) is 23.9 Å². The predicted octanol–water partition coefficient (Wildman–Crippen LogP) is 1.85. The van der Waals surface area contributed by atoms with Crippen LogP contribution in [0.4, 0.5) is 8.78 Å². The van der Waals surface area contributed by atoms with E-state index < -0.39 is 36.1 Å². The molecule has 8 heteroatoms. The van der Waals surface area contributed by atoms with Crippen LogP contribution in [-0.2, 0) is 20.1 Å². The summed E-state index contributed by atoms with van der Waals surface area (Å²) >= 11 is 0. The average molecular weight is 345 g/mol. The molecule has 134 valence electrons. The first-order valence-electron chi connectivity index (χ1n) is 7.80. The lowest BCUT2D eigenvalue weighted by Gasteiger charge is -2.35. The summed E-state index contributed by atoms with van der Waals surface area (Å²) in [6.07, 6.45) is -2.08. The third kappa shape index (κ3) is 3.51. The number of nitrogens with zero attached hydrogens (tertiary/aromatic N) is 1. The Bertz CT molecular complexity index is 592. The zero-order chi connectivity index (χ0) is 17.5. The van der Waals surface area contributed by atoms with Crippen LogP contribution in [-0.4, -0.2) is 53.5 Å². The van der Waals surface area contributed by atoms with Crippen molar-refractivity contribution in [1.82, 2.24) is 4.98 Å². The molecule has 4 atom stereocenters. The van der Waals surface area contributed by atoms with Gasteiger partial charge in [-0.05, 0) is 19.9 Å². The van der Waals surface area contributed by atoms with E-state index >= 15 is 0 Å². The number of alkyl halides is 2. The number of aliphatic hydroxyl groups is 1. The fourth-order valence-electron chi connectivity index (χ4n) is 2.94. The summed E-state index contributed by atoms with van der Waals surface area (Å²) in [4.78, 5) is 3.85. The molecule has 3 rings (SSSR count). The lowest BCUT2D eigenvalue weighted by atomic mass is 10.0. The molecule has 0 spiro atoms. The number of fused-ring (bicyclic) bond motifs is 1. The first-order chi connectivity index (χ1) is 11.2. The summed E-state index contributed by atoms with van der Waals surface area (Å²) < 4.78 is 49.7. The Kier molecular flexibility index (Phi) is 4.50. The van der Waals surface area contributed by atoms with Crippen LogP contribution < -0.4 is 4.74 Å². The molecule has 0 saturated carbocycles. The largest absolute Gasteiger partial charge is 0.469 e. The molecule has 2 saturated heterocycles. The van der Waals surface area contributed by atoms with Crippen molar-refractivity contribution in [1.29, 1.82) is 0 Å². The molecule has 2 aliphatic rings. The van der Waals surface area contributed by atoms with Crippen molar-refractivity contribution in [3.8, 4) is 5.88 Å². The van der Waals surface area contributed by atoms with Gasteiger partial charge >= 0.3 is 0 Å². The van der Waals surface area contributed by atoms with Gasteiger partial charge in [0, 0.05) is 13.0 Å². The van der Waals surface area contributed by atoms with E-state index in [2.05, 4.69) is 4.98 Å². The molecule has 1 N–H and O–H groups in total. The van der Waals surface area contributed by atoms with Crippen LogP contribution in [0.3, 0.4) is 0 Å². The van der Waals surface area contributed by atoms with Crippen LogP contribution in [0.5, 0.6) is 5.88 Å². The summed E-state index contributed by atoms with van der Waals surface area (Å²) in [5.41, 5.74) is -0.370. The number of hydrogen-bond acceptors (Lipinski definition) is 6. The third-order valence-electron chi connectivity index (χ3n) is 4.00. The molecule has 24 heavy (non-hydrogen) atoms. The molecule has 2 fully saturated rings. The predicted molar refractivity (Wildman–Crippen MR) is 78.9 cm³/mol. The van der Waals surface area contributed by atoms with Gasteiger partial charge in [-0.15, -0.1) is 0 Å². The van der Waals surface area contributed by atoms with E-state index in [9.17, 15) is 13.9 Å². The Balaban J connectivity index is 1.78. The van der Waals surface area contributed by atoms with Crippen LogP contribution >= 0.6 is 0 Å². The molecule has 0 aromatic carbocycles. The van der Waals surface area contributed by atoms with Crippen molar-refractivity contribution in [2.45, 2.75) is 56.9 Å². The highest BCUT2D eigenvalue weighted by atomic mass is 19.3. The van der Waals surface area contributed by atoms with Gasteiger partial charge in [0.15, 0.2) is 11.9 Å². The molecule has 0 unspecified atom stereocenters. The fraction of sp³-hybridized carbons (Fsp3) is 0.688. The van der Waals surface area contributed by atoms with Crippen LogP contribution in [0.1, 0.15) is 26.5 Å². The van der Waals surface area contributed by atoms with Crippen molar-refractivity contribution >= 4 is 0 Å². The van der Waals surface area contributed by atoms with Gasteiger partial charge in [-0.3, -0.25) is 0 Å². The first-order valence-corrected chi connectivity index (χ1v) is 7.80. The van der Waals surface area contributed by atoms with Gasteiger partial charge in [0.2, 0.25) is 5.88 Å². The van der Waals surface area contributed by atoms with E-state index in [1.165, 1.54) is 18.2 Å². The molecule has 0 aliphatic carbocycles. The molecular formula is C16H21F2NO5. The quantitative estimate of drug-likeness (QED) is 0.898. The minimum Gasteiger partial charge on any atom is -0.469 e. The topological polar surface area (TPSA) is 70.0 Å². The Morgan fingerprint density at radius 1 is 1.33 bits per heavy atom. The monoisotopic (exact) mass is 345 g/mol. The number of hydrogen-bond donors (Lipinski definition) is 1. The van der Waals surface area contributed by atoms with Crippen LogP contribution in [0.15, 0.2) is 18.2 Å². The fourth-order valence-corrected chi connectivity index (χ4v) is 2.94. The second kappa shape index (κ2) is 6.18. The van der Waals surface area contributed by atoms with Gasteiger partial charge in [0.1, 0.15) is 24.0 Å². The van der Waals surface area contributed by atoms with Gasteiger partial charge in [-0.2, -0.15) is 8.78 Å². The molecule has 1 aromatic rings. The number of rotatable bonds is 4. The Morgan fingerprint density at radius 2 is 2.04 bits per heavy atom. The maximum Gasteiger partial charge on any atom is 0.287 e. The molecule has 0 bridgehead atoms. The van der Waals surface area contributed by atoms with Gasteiger partial charge in [0.25, 0.3) is 5.92 Å². The summed E-state index contributed by atoms with van der Waals surface area (Å²) in [7, 11) is 0. The SMILES string of the molecule is CC1(C)O[C@@H]2[C@H](O1)[C@@H](Oc1cccc(C(C)(F)F)n1)CO[C@@H]2CO.